The lowest BCUT2D eigenvalue weighted by Crippen LogP contribution is -2.10. The van der Waals surface area contributed by atoms with Crippen molar-refractivity contribution in [2.45, 2.75) is 0 Å². The molecule has 1 aromatic carbocycles. The van der Waals surface area contributed by atoms with Crippen molar-refractivity contribution in [1.82, 2.24) is 9.97 Å². The second-order valence-electron chi connectivity index (χ2n) is 5.27. The third-order valence-corrected chi connectivity index (χ3v) is 4.41. The van der Waals surface area contributed by atoms with Crippen LogP contribution >= 0.6 is 11.3 Å². The highest BCUT2D eigenvalue weighted by molar-refractivity contribution is 7.13. The van der Waals surface area contributed by atoms with Gasteiger partial charge in [0.05, 0.1) is 17.7 Å². The normalized spacial score (nSPS) is 10.6. The predicted octanol–water partition coefficient (Wildman–Crippen LogP) is 4.72. The van der Waals surface area contributed by atoms with Crippen LogP contribution in [0.4, 0.5) is 5.69 Å². The Hall–Kier alpha value is -3.25. The Morgan fingerprint density at radius 2 is 2.00 bits per heavy atom. The van der Waals surface area contributed by atoms with Crippen LogP contribution in [0.3, 0.4) is 0 Å². The van der Waals surface area contributed by atoms with Crippen molar-refractivity contribution in [3.63, 3.8) is 0 Å². The number of carbonyl (C=O) groups is 1. The molecule has 3 heterocycles. The number of thiazole rings is 1. The number of nitrogens with zero attached hydrogens (tertiary/aromatic N) is 2. The fourth-order valence-electron chi connectivity index (χ4n) is 2.37. The van der Waals surface area contributed by atoms with E-state index in [0.717, 1.165) is 22.0 Å². The lowest BCUT2D eigenvalue weighted by molar-refractivity contribution is 0.0996. The summed E-state index contributed by atoms with van der Waals surface area (Å²) in [7, 11) is 0. The molecule has 0 atom stereocenters. The molecular formula is C19H13N3O2S. The quantitative estimate of drug-likeness (QED) is 0.580. The number of carbonyl (C=O) groups excluding carboxylic acids is 1. The lowest BCUT2D eigenvalue weighted by atomic mass is 10.1. The van der Waals surface area contributed by atoms with E-state index in [4.69, 9.17) is 4.42 Å². The van der Waals surface area contributed by atoms with Crippen molar-refractivity contribution >= 4 is 22.9 Å². The Labute approximate surface area is 148 Å². The number of anilines is 1. The van der Waals surface area contributed by atoms with Crippen LogP contribution in [0, 0.1) is 0 Å². The van der Waals surface area contributed by atoms with Gasteiger partial charge in [-0.15, -0.1) is 11.3 Å². The van der Waals surface area contributed by atoms with E-state index in [-0.39, 0.29) is 11.7 Å². The van der Waals surface area contributed by atoms with E-state index in [1.54, 1.807) is 18.3 Å². The SMILES string of the molecule is O=C(Nc1cccc(-c2csc(-c3ccccn3)n2)c1)c1ccco1. The number of aromatic nitrogens is 2. The molecule has 25 heavy (non-hydrogen) atoms. The highest BCUT2D eigenvalue weighted by atomic mass is 32.1. The lowest BCUT2D eigenvalue weighted by Gasteiger charge is -2.05. The van der Waals surface area contributed by atoms with Gasteiger partial charge in [-0.3, -0.25) is 9.78 Å². The van der Waals surface area contributed by atoms with Crippen LogP contribution in [-0.2, 0) is 0 Å². The van der Waals surface area contributed by atoms with Crippen molar-refractivity contribution in [2.75, 3.05) is 5.32 Å². The van der Waals surface area contributed by atoms with Crippen LogP contribution in [0.1, 0.15) is 10.6 Å². The third-order valence-electron chi connectivity index (χ3n) is 3.55. The zero-order valence-corrected chi connectivity index (χ0v) is 13.9. The van der Waals surface area contributed by atoms with Gasteiger partial charge in [0.1, 0.15) is 5.01 Å². The molecule has 5 nitrogen and oxygen atoms in total. The third kappa shape index (κ3) is 3.34. The van der Waals surface area contributed by atoms with Gasteiger partial charge in [0.15, 0.2) is 5.76 Å². The number of rotatable bonds is 4. The summed E-state index contributed by atoms with van der Waals surface area (Å²) in [6.45, 7) is 0. The molecule has 0 aliphatic heterocycles. The van der Waals surface area contributed by atoms with Crippen molar-refractivity contribution < 1.29 is 9.21 Å². The van der Waals surface area contributed by atoms with Crippen LogP contribution < -0.4 is 5.32 Å². The highest BCUT2D eigenvalue weighted by Gasteiger charge is 2.11. The molecular weight excluding hydrogens is 334 g/mol. The number of nitrogens with one attached hydrogen (secondary N) is 1. The maximum atomic E-state index is 12.1. The molecule has 0 fully saturated rings. The maximum Gasteiger partial charge on any atom is 0.291 e. The van der Waals surface area contributed by atoms with Gasteiger partial charge in [-0.1, -0.05) is 18.2 Å². The molecule has 1 amide bonds. The molecule has 0 spiro atoms. The molecule has 0 aliphatic carbocycles. The fraction of sp³-hybridized carbons (Fsp3) is 0. The van der Waals surface area contributed by atoms with Gasteiger partial charge in [0, 0.05) is 22.8 Å². The van der Waals surface area contributed by atoms with E-state index < -0.39 is 0 Å². The molecule has 0 unspecified atom stereocenters. The summed E-state index contributed by atoms with van der Waals surface area (Å²) in [6.07, 6.45) is 3.22. The summed E-state index contributed by atoms with van der Waals surface area (Å²) in [4.78, 5) is 21.1. The Morgan fingerprint density at radius 3 is 2.80 bits per heavy atom. The molecule has 4 rings (SSSR count). The van der Waals surface area contributed by atoms with Crippen LogP contribution in [0.25, 0.3) is 22.0 Å². The first kappa shape index (κ1) is 15.3. The molecule has 3 aromatic heterocycles. The summed E-state index contributed by atoms with van der Waals surface area (Å²) in [5.41, 5.74) is 3.31. The number of furan rings is 1. The monoisotopic (exact) mass is 347 g/mol. The van der Waals surface area contributed by atoms with Crippen LogP contribution in [0.15, 0.2) is 76.9 Å². The Balaban J connectivity index is 1.58. The average molecular weight is 347 g/mol. The first-order valence-electron chi connectivity index (χ1n) is 7.62. The van der Waals surface area contributed by atoms with Gasteiger partial charge in [0.25, 0.3) is 5.91 Å². The number of hydrogen-bond acceptors (Lipinski definition) is 5. The van der Waals surface area contributed by atoms with E-state index >= 15 is 0 Å². The van der Waals surface area contributed by atoms with Crippen molar-refractivity contribution in [3.8, 4) is 22.0 Å². The Morgan fingerprint density at radius 1 is 1.04 bits per heavy atom. The molecule has 122 valence electrons. The molecule has 0 saturated heterocycles. The zero-order chi connectivity index (χ0) is 17.1. The summed E-state index contributed by atoms with van der Waals surface area (Å²) < 4.78 is 5.11. The summed E-state index contributed by atoms with van der Waals surface area (Å²) in [6, 6.07) is 16.6. The molecule has 0 radical (unpaired) electrons. The second-order valence-corrected chi connectivity index (χ2v) is 6.12. The Bertz CT molecular complexity index is 994. The summed E-state index contributed by atoms with van der Waals surface area (Å²) in [5, 5.41) is 5.67. The van der Waals surface area contributed by atoms with E-state index in [1.807, 2.05) is 47.8 Å². The van der Waals surface area contributed by atoms with Crippen LogP contribution in [0.5, 0.6) is 0 Å². The van der Waals surface area contributed by atoms with E-state index in [1.165, 1.54) is 17.6 Å². The second kappa shape index (κ2) is 6.70. The number of hydrogen-bond donors (Lipinski definition) is 1. The zero-order valence-electron chi connectivity index (χ0n) is 13.0. The van der Waals surface area contributed by atoms with Gasteiger partial charge < -0.3 is 9.73 Å². The minimum absolute atomic E-state index is 0.275. The predicted molar refractivity (Wildman–Crippen MR) is 97.4 cm³/mol. The molecule has 6 heteroatoms. The standard InChI is InChI=1S/C19H13N3O2S/c23-18(17-8-4-10-24-17)21-14-6-3-5-13(11-14)16-12-25-19(22-16)15-7-1-2-9-20-15/h1-12H,(H,21,23). The maximum absolute atomic E-state index is 12.1. The number of amides is 1. The summed E-state index contributed by atoms with van der Waals surface area (Å²) >= 11 is 1.54. The minimum Gasteiger partial charge on any atom is -0.459 e. The summed E-state index contributed by atoms with van der Waals surface area (Å²) in [5.74, 6) is -0.00824. The van der Waals surface area contributed by atoms with E-state index in [9.17, 15) is 4.79 Å². The van der Waals surface area contributed by atoms with Gasteiger partial charge in [0.2, 0.25) is 0 Å². The molecule has 0 bridgehead atoms. The largest absolute Gasteiger partial charge is 0.459 e. The van der Waals surface area contributed by atoms with Crippen LogP contribution in [-0.4, -0.2) is 15.9 Å². The van der Waals surface area contributed by atoms with Gasteiger partial charge >= 0.3 is 0 Å². The Kier molecular flexibility index (Phi) is 4.10. The van der Waals surface area contributed by atoms with Crippen molar-refractivity contribution in [3.05, 3.63) is 78.2 Å². The van der Waals surface area contributed by atoms with Crippen molar-refractivity contribution in [1.29, 1.82) is 0 Å². The van der Waals surface area contributed by atoms with E-state index in [0.29, 0.717) is 5.69 Å². The van der Waals surface area contributed by atoms with Gasteiger partial charge in [-0.2, -0.15) is 0 Å². The molecule has 0 saturated carbocycles. The molecule has 1 N–H and O–H groups in total. The average Bonchev–Trinajstić information content (AvgIpc) is 3.35. The first-order chi connectivity index (χ1) is 12.3. The topological polar surface area (TPSA) is 68.0 Å². The highest BCUT2D eigenvalue weighted by Crippen LogP contribution is 2.29. The minimum atomic E-state index is -0.283. The smallest absolute Gasteiger partial charge is 0.291 e. The van der Waals surface area contributed by atoms with Gasteiger partial charge in [-0.05, 0) is 36.4 Å². The molecule has 4 aromatic rings. The van der Waals surface area contributed by atoms with Gasteiger partial charge in [-0.25, -0.2) is 4.98 Å². The number of benzene rings is 1. The number of pyridine rings is 1. The fourth-order valence-corrected chi connectivity index (χ4v) is 3.17. The first-order valence-corrected chi connectivity index (χ1v) is 8.50. The van der Waals surface area contributed by atoms with Crippen molar-refractivity contribution in [2.24, 2.45) is 0 Å². The van der Waals surface area contributed by atoms with E-state index in [2.05, 4.69) is 15.3 Å². The molecule has 0 aliphatic rings. The van der Waals surface area contributed by atoms with Crippen LogP contribution in [0.2, 0.25) is 0 Å².